The average molecular weight is 438 g/mol. The molecule has 0 aliphatic rings. The van der Waals surface area contributed by atoms with E-state index in [2.05, 4.69) is 15.5 Å². The molecule has 0 fully saturated rings. The number of rotatable bonds is 8. The van der Waals surface area contributed by atoms with Gasteiger partial charge < -0.3 is 4.90 Å². The van der Waals surface area contributed by atoms with E-state index in [1.54, 1.807) is 30.3 Å². The van der Waals surface area contributed by atoms with Crippen molar-refractivity contribution in [1.82, 2.24) is 10.4 Å². The summed E-state index contributed by atoms with van der Waals surface area (Å²) in [5.41, 5.74) is 4.21. The molecule has 1 heterocycles. The summed E-state index contributed by atoms with van der Waals surface area (Å²) in [6.45, 7) is -0.467. The highest BCUT2D eigenvalue weighted by Gasteiger charge is 2.27. The molecule has 3 aromatic rings. The van der Waals surface area contributed by atoms with Crippen LogP contribution in [-0.4, -0.2) is 46.2 Å². The summed E-state index contributed by atoms with van der Waals surface area (Å²) in [5.74, 6) is -0.448. The molecule has 0 spiro atoms. The Labute approximate surface area is 181 Å². The largest absolute Gasteiger partial charge is 0.378 e. The summed E-state index contributed by atoms with van der Waals surface area (Å²) < 4.78 is 27.2. The number of anilines is 2. The Morgan fingerprint density at radius 1 is 1.00 bits per heavy atom. The highest BCUT2D eigenvalue weighted by molar-refractivity contribution is 7.92. The van der Waals surface area contributed by atoms with Gasteiger partial charge in [-0.25, -0.2) is 23.1 Å². The molecule has 1 N–H and O–H groups in total. The summed E-state index contributed by atoms with van der Waals surface area (Å²) in [6.07, 6.45) is 2.96. The van der Waals surface area contributed by atoms with Gasteiger partial charge in [-0.05, 0) is 42.0 Å². The predicted molar refractivity (Wildman–Crippen MR) is 122 cm³/mol. The quantitative estimate of drug-likeness (QED) is 0.432. The molecule has 0 bridgehead atoms. The van der Waals surface area contributed by atoms with Gasteiger partial charge in [-0.3, -0.25) is 4.79 Å². The lowest BCUT2D eigenvalue weighted by Gasteiger charge is -2.22. The van der Waals surface area contributed by atoms with Crippen LogP contribution in [0.3, 0.4) is 0 Å². The zero-order valence-electron chi connectivity index (χ0n) is 17.2. The smallest absolute Gasteiger partial charge is 0.265 e. The average Bonchev–Trinajstić information content (AvgIpc) is 2.79. The van der Waals surface area contributed by atoms with E-state index in [4.69, 9.17) is 0 Å². The standard InChI is InChI=1S/C22H23N5O3S/c1-26(2)19-13-11-18(12-14-19)16-24-25-22(28)17-27(21-10-6-7-15-23-21)31(29,30)20-8-4-3-5-9-20/h3-16H,17H2,1-2H3,(H,25,28)/b24-16-. The minimum absolute atomic E-state index is 0.0675. The molecule has 8 nitrogen and oxygen atoms in total. The first-order chi connectivity index (χ1) is 14.9. The van der Waals surface area contributed by atoms with Gasteiger partial charge in [0.2, 0.25) is 0 Å². The van der Waals surface area contributed by atoms with Crippen LogP contribution in [0, 0.1) is 0 Å². The van der Waals surface area contributed by atoms with Gasteiger partial charge in [0.1, 0.15) is 12.4 Å². The normalized spacial score (nSPS) is 11.3. The fraction of sp³-hybridized carbons (Fsp3) is 0.136. The van der Waals surface area contributed by atoms with Crippen molar-refractivity contribution in [3.63, 3.8) is 0 Å². The Hall–Kier alpha value is -3.72. The van der Waals surface area contributed by atoms with Crippen LogP contribution in [0.1, 0.15) is 5.56 Å². The Bertz CT molecular complexity index is 1130. The second-order valence-corrected chi connectivity index (χ2v) is 8.65. The Morgan fingerprint density at radius 3 is 2.29 bits per heavy atom. The summed E-state index contributed by atoms with van der Waals surface area (Å²) in [7, 11) is -0.0966. The Kier molecular flexibility index (Phi) is 6.99. The van der Waals surface area contributed by atoms with Crippen molar-refractivity contribution < 1.29 is 13.2 Å². The van der Waals surface area contributed by atoms with Gasteiger partial charge in [-0.1, -0.05) is 36.4 Å². The lowest BCUT2D eigenvalue weighted by molar-refractivity contribution is -0.119. The zero-order chi connectivity index (χ0) is 22.3. The lowest BCUT2D eigenvalue weighted by Crippen LogP contribution is -2.40. The van der Waals surface area contributed by atoms with E-state index in [0.29, 0.717) is 0 Å². The van der Waals surface area contributed by atoms with Gasteiger partial charge in [-0.2, -0.15) is 5.10 Å². The first-order valence-electron chi connectivity index (χ1n) is 9.46. The maximum Gasteiger partial charge on any atom is 0.265 e. The van der Waals surface area contributed by atoms with Gasteiger partial charge in [0.25, 0.3) is 15.9 Å². The topological polar surface area (TPSA) is 95.0 Å². The Balaban J connectivity index is 1.75. The van der Waals surface area contributed by atoms with Crippen molar-refractivity contribution in [2.75, 3.05) is 29.8 Å². The van der Waals surface area contributed by atoms with Crippen LogP contribution in [0.25, 0.3) is 0 Å². The van der Waals surface area contributed by atoms with Crippen molar-refractivity contribution in [2.45, 2.75) is 4.90 Å². The molecule has 0 aliphatic heterocycles. The number of carbonyl (C=O) groups is 1. The number of carbonyl (C=O) groups excluding carboxylic acids is 1. The number of pyridine rings is 1. The van der Waals surface area contributed by atoms with Gasteiger partial charge >= 0.3 is 0 Å². The fourth-order valence-electron chi connectivity index (χ4n) is 2.71. The number of nitrogens with zero attached hydrogens (tertiary/aromatic N) is 4. The van der Waals surface area contributed by atoms with Crippen molar-refractivity contribution in [2.24, 2.45) is 5.10 Å². The van der Waals surface area contributed by atoms with Gasteiger partial charge in [0.15, 0.2) is 0 Å². The SMILES string of the molecule is CN(C)c1ccc(/C=N\NC(=O)CN(c2ccccn2)S(=O)(=O)c2ccccc2)cc1. The molecule has 0 saturated carbocycles. The molecule has 0 atom stereocenters. The number of aromatic nitrogens is 1. The second kappa shape index (κ2) is 9.86. The third-order valence-electron chi connectivity index (χ3n) is 4.34. The number of amides is 1. The Morgan fingerprint density at radius 2 is 1.68 bits per heavy atom. The maximum absolute atomic E-state index is 13.1. The third-order valence-corrected chi connectivity index (χ3v) is 6.10. The lowest BCUT2D eigenvalue weighted by atomic mass is 10.2. The summed E-state index contributed by atoms with van der Waals surface area (Å²) in [5, 5.41) is 3.94. The number of hydrazone groups is 1. The van der Waals surface area contributed by atoms with E-state index in [9.17, 15) is 13.2 Å². The van der Waals surface area contributed by atoms with E-state index in [1.807, 2.05) is 43.3 Å². The van der Waals surface area contributed by atoms with Crippen molar-refractivity contribution in [3.8, 4) is 0 Å². The minimum atomic E-state index is -3.99. The molecule has 3 rings (SSSR count). The number of benzene rings is 2. The van der Waals surface area contributed by atoms with Crippen LogP contribution >= 0.6 is 0 Å². The van der Waals surface area contributed by atoms with E-state index >= 15 is 0 Å². The summed E-state index contributed by atoms with van der Waals surface area (Å²) in [6, 6.07) is 20.3. The molecule has 0 aliphatic carbocycles. The van der Waals surface area contributed by atoms with Gasteiger partial charge in [0.05, 0.1) is 11.1 Å². The van der Waals surface area contributed by atoms with Crippen LogP contribution in [0.15, 0.2) is 89.0 Å². The summed E-state index contributed by atoms with van der Waals surface area (Å²) in [4.78, 5) is 18.6. The molecule has 31 heavy (non-hydrogen) atoms. The third kappa shape index (κ3) is 5.67. The van der Waals surface area contributed by atoms with Crippen molar-refractivity contribution in [3.05, 3.63) is 84.6 Å². The van der Waals surface area contributed by atoms with Crippen LogP contribution in [-0.2, 0) is 14.8 Å². The van der Waals surface area contributed by atoms with Crippen LogP contribution < -0.4 is 14.6 Å². The molecule has 0 radical (unpaired) electrons. The van der Waals surface area contributed by atoms with Gasteiger partial charge in [0, 0.05) is 26.0 Å². The molecule has 160 valence electrons. The van der Waals surface area contributed by atoms with E-state index < -0.39 is 22.5 Å². The fourth-order valence-corrected chi connectivity index (χ4v) is 4.11. The minimum Gasteiger partial charge on any atom is -0.378 e. The highest BCUT2D eigenvalue weighted by Crippen LogP contribution is 2.21. The van der Waals surface area contributed by atoms with Crippen LogP contribution in [0.4, 0.5) is 11.5 Å². The molecule has 0 unspecified atom stereocenters. The van der Waals surface area contributed by atoms with Crippen LogP contribution in [0.2, 0.25) is 0 Å². The monoisotopic (exact) mass is 437 g/mol. The van der Waals surface area contributed by atoms with Crippen molar-refractivity contribution in [1.29, 1.82) is 0 Å². The number of hydrogen-bond donors (Lipinski definition) is 1. The molecular weight excluding hydrogens is 414 g/mol. The molecule has 0 saturated heterocycles. The van der Waals surface area contributed by atoms with Gasteiger partial charge in [-0.15, -0.1) is 0 Å². The van der Waals surface area contributed by atoms with E-state index in [0.717, 1.165) is 15.6 Å². The second-order valence-electron chi connectivity index (χ2n) is 6.79. The first kappa shape index (κ1) is 22.0. The molecule has 2 aromatic carbocycles. The van der Waals surface area contributed by atoms with E-state index in [1.165, 1.54) is 30.6 Å². The van der Waals surface area contributed by atoms with Crippen molar-refractivity contribution >= 4 is 33.7 Å². The molecular formula is C22H23N5O3S. The summed E-state index contributed by atoms with van der Waals surface area (Å²) >= 11 is 0. The first-order valence-corrected chi connectivity index (χ1v) is 10.9. The molecule has 1 aromatic heterocycles. The number of sulfonamides is 1. The molecule has 9 heteroatoms. The van der Waals surface area contributed by atoms with E-state index in [-0.39, 0.29) is 10.7 Å². The predicted octanol–water partition coefficient (Wildman–Crippen LogP) is 2.49. The number of nitrogens with one attached hydrogen (secondary N) is 1. The van der Waals surface area contributed by atoms with Crippen LogP contribution in [0.5, 0.6) is 0 Å². The maximum atomic E-state index is 13.1. The highest BCUT2D eigenvalue weighted by atomic mass is 32.2. The zero-order valence-corrected chi connectivity index (χ0v) is 18.0. The number of hydrogen-bond acceptors (Lipinski definition) is 6. The molecule has 1 amide bonds.